The maximum atomic E-state index is 12.5. The second-order valence-corrected chi connectivity index (χ2v) is 6.86. The maximum absolute atomic E-state index is 12.5. The fourth-order valence-corrected chi connectivity index (χ4v) is 3.14. The van der Waals surface area contributed by atoms with Crippen LogP contribution in [0.15, 0.2) is 60.7 Å². The molecule has 0 radical (unpaired) electrons. The third kappa shape index (κ3) is 5.64. The van der Waals surface area contributed by atoms with Gasteiger partial charge in [0.1, 0.15) is 0 Å². The van der Waals surface area contributed by atoms with E-state index in [1.54, 1.807) is 12.1 Å². The molecule has 1 heterocycles. The van der Waals surface area contributed by atoms with Crippen LogP contribution >= 0.6 is 0 Å². The van der Waals surface area contributed by atoms with Gasteiger partial charge in [-0.15, -0.1) is 0 Å². The van der Waals surface area contributed by atoms with Crippen LogP contribution in [0.1, 0.15) is 11.6 Å². The van der Waals surface area contributed by atoms with Crippen LogP contribution in [-0.2, 0) is 9.59 Å². The van der Waals surface area contributed by atoms with Crippen molar-refractivity contribution in [3.8, 4) is 0 Å². The van der Waals surface area contributed by atoms with Crippen molar-refractivity contribution in [2.75, 3.05) is 45.1 Å². The van der Waals surface area contributed by atoms with Gasteiger partial charge in [0.25, 0.3) is 0 Å². The van der Waals surface area contributed by atoms with Crippen molar-refractivity contribution in [1.82, 2.24) is 15.1 Å². The first-order valence-electron chi connectivity index (χ1n) is 9.24. The predicted octanol–water partition coefficient (Wildman–Crippen LogP) is 1.73. The monoisotopic (exact) mass is 366 g/mol. The van der Waals surface area contributed by atoms with E-state index in [1.165, 1.54) is 0 Å². The zero-order chi connectivity index (χ0) is 19.1. The van der Waals surface area contributed by atoms with Gasteiger partial charge in [-0.3, -0.25) is 14.5 Å². The Bertz CT molecular complexity index is 743. The van der Waals surface area contributed by atoms with E-state index in [0.717, 1.165) is 31.7 Å². The summed E-state index contributed by atoms with van der Waals surface area (Å²) in [7, 11) is 2.11. The van der Waals surface area contributed by atoms with Crippen molar-refractivity contribution in [2.45, 2.75) is 6.04 Å². The molecule has 2 aromatic carbocycles. The summed E-state index contributed by atoms with van der Waals surface area (Å²) in [6.07, 6.45) is 0. The van der Waals surface area contributed by atoms with Crippen LogP contribution < -0.4 is 10.6 Å². The fourth-order valence-electron chi connectivity index (χ4n) is 3.14. The molecule has 2 aromatic rings. The summed E-state index contributed by atoms with van der Waals surface area (Å²) < 4.78 is 0. The lowest BCUT2D eigenvalue weighted by atomic mass is 10.1. The van der Waals surface area contributed by atoms with E-state index in [9.17, 15) is 9.59 Å². The van der Waals surface area contributed by atoms with E-state index >= 15 is 0 Å². The van der Waals surface area contributed by atoms with Gasteiger partial charge in [-0.2, -0.15) is 0 Å². The van der Waals surface area contributed by atoms with E-state index in [1.807, 2.05) is 48.5 Å². The van der Waals surface area contributed by atoms with Gasteiger partial charge < -0.3 is 15.5 Å². The topological polar surface area (TPSA) is 64.7 Å². The minimum absolute atomic E-state index is 0.233. The molecular formula is C21H26N4O2. The first-order valence-corrected chi connectivity index (χ1v) is 9.24. The summed E-state index contributed by atoms with van der Waals surface area (Å²) >= 11 is 0. The summed E-state index contributed by atoms with van der Waals surface area (Å²) in [5, 5.41) is 5.54. The van der Waals surface area contributed by atoms with Gasteiger partial charge in [-0.1, -0.05) is 48.5 Å². The molecule has 0 aliphatic carbocycles. The average Bonchev–Trinajstić information content (AvgIpc) is 2.70. The molecule has 142 valence electrons. The van der Waals surface area contributed by atoms with Gasteiger partial charge in [0.2, 0.25) is 0 Å². The van der Waals surface area contributed by atoms with Crippen LogP contribution in [0.3, 0.4) is 0 Å². The number of hydrogen-bond acceptors (Lipinski definition) is 4. The number of carbonyl (C=O) groups excluding carboxylic acids is 2. The Labute approximate surface area is 160 Å². The number of benzene rings is 2. The lowest BCUT2D eigenvalue weighted by Gasteiger charge is -2.34. The van der Waals surface area contributed by atoms with Gasteiger partial charge in [-0.25, -0.2) is 0 Å². The molecule has 0 saturated carbocycles. The number of carbonyl (C=O) groups is 2. The van der Waals surface area contributed by atoms with Crippen molar-refractivity contribution >= 4 is 17.5 Å². The lowest BCUT2D eigenvalue weighted by Crippen LogP contribution is -2.48. The third-order valence-corrected chi connectivity index (χ3v) is 4.78. The Kier molecular flexibility index (Phi) is 6.57. The highest BCUT2D eigenvalue weighted by Crippen LogP contribution is 2.16. The normalized spacial score (nSPS) is 16.5. The summed E-state index contributed by atoms with van der Waals surface area (Å²) in [6.45, 7) is 4.59. The highest BCUT2D eigenvalue weighted by atomic mass is 16.2. The van der Waals surface area contributed by atoms with E-state index in [2.05, 4.69) is 27.5 Å². The highest BCUT2D eigenvalue weighted by molar-refractivity contribution is 6.39. The largest absolute Gasteiger partial charge is 0.340 e. The zero-order valence-corrected chi connectivity index (χ0v) is 15.6. The first kappa shape index (κ1) is 19.1. The van der Waals surface area contributed by atoms with Gasteiger partial charge in [0, 0.05) is 38.4 Å². The molecule has 0 aromatic heterocycles. The molecule has 1 aliphatic heterocycles. The van der Waals surface area contributed by atoms with Crippen LogP contribution in [0.5, 0.6) is 0 Å². The van der Waals surface area contributed by atoms with Crippen molar-refractivity contribution in [3.63, 3.8) is 0 Å². The van der Waals surface area contributed by atoms with E-state index in [4.69, 9.17) is 0 Å². The van der Waals surface area contributed by atoms with Crippen LogP contribution in [0.25, 0.3) is 0 Å². The van der Waals surface area contributed by atoms with Crippen molar-refractivity contribution in [1.29, 1.82) is 0 Å². The van der Waals surface area contributed by atoms with Crippen molar-refractivity contribution < 1.29 is 9.59 Å². The molecule has 1 aliphatic rings. The zero-order valence-electron chi connectivity index (χ0n) is 15.6. The molecule has 2 N–H and O–H groups in total. The molecular weight excluding hydrogens is 340 g/mol. The Hall–Kier alpha value is -2.70. The number of likely N-dealkylation sites (N-methyl/N-ethyl adjacent to an activating group) is 1. The molecule has 0 unspecified atom stereocenters. The number of amides is 2. The average molecular weight is 366 g/mol. The van der Waals surface area contributed by atoms with Crippen molar-refractivity contribution in [3.05, 3.63) is 66.2 Å². The lowest BCUT2D eigenvalue weighted by molar-refractivity contribution is -0.136. The van der Waals surface area contributed by atoms with Gasteiger partial charge in [0.05, 0.1) is 6.04 Å². The van der Waals surface area contributed by atoms with Crippen LogP contribution in [0, 0.1) is 0 Å². The molecule has 6 nitrogen and oxygen atoms in total. The van der Waals surface area contributed by atoms with Crippen LogP contribution in [0.2, 0.25) is 0 Å². The Morgan fingerprint density at radius 2 is 1.48 bits per heavy atom. The second-order valence-electron chi connectivity index (χ2n) is 6.86. The molecule has 3 rings (SSSR count). The molecule has 1 atom stereocenters. The maximum Gasteiger partial charge on any atom is 0.313 e. The van der Waals surface area contributed by atoms with E-state index in [-0.39, 0.29) is 6.04 Å². The van der Waals surface area contributed by atoms with Gasteiger partial charge >= 0.3 is 11.8 Å². The first-order chi connectivity index (χ1) is 13.1. The molecule has 1 saturated heterocycles. The fraction of sp³-hybridized carbons (Fsp3) is 0.333. The molecule has 27 heavy (non-hydrogen) atoms. The Morgan fingerprint density at radius 1 is 0.889 bits per heavy atom. The summed E-state index contributed by atoms with van der Waals surface area (Å²) in [5.74, 6) is -1.28. The van der Waals surface area contributed by atoms with E-state index < -0.39 is 11.8 Å². The highest BCUT2D eigenvalue weighted by Gasteiger charge is 2.23. The van der Waals surface area contributed by atoms with E-state index in [0.29, 0.717) is 12.2 Å². The summed E-state index contributed by atoms with van der Waals surface area (Å²) in [5.41, 5.74) is 1.60. The number of hydrogen-bond donors (Lipinski definition) is 2. The van der Waals surface area contributed by atoms with Crippen LogP contribution in [0.4, 0.5) is 5.69 Å². The standard InChI is InChI=1S/C21H26N4O2/c1-24-12-14-25(15-13-24)16-19(17-8-4-2-5-9-17)23-21(27)20(26)22-18-10-6-3-7-11-18/h2-11,19H,12-16H2,1H3,(H,22,26)(H,23,27)/t19-/m0/s1. The van der Waals surface area contributed by atoms with Gasteiger partial charge in [-0.05, 0) is 24.7 Å². The van der Waals surface area contributed by atoms with Crippen LogP contribution in [-0.4, -0.2) is 61.4 Å². The Balaban J connectivity index is 1.65. The number of para-hydroxylation sites is 1. The SMILES string of the molecule is CN1CCN(C[C@H](NC(=O)C(=O)Nc2ccccc2)c2ccccc2)CC1. The molecule has 6 heteroatoms. The number of anilines is 1. The second kappa shape index (κ2) is 9.30. The molecule has 0 spiro atoms. The number of rotatable bonds is 5. The third-order valence-electron chi connectivity index (χ3n) is 4.78. The minimum atomic E-state index is -0.652. The van der Waals surface area contributed by atoms with Gasteiger partial charge in [0.15, 0.2) is 0 Å². The number of piperazine rings is 1. The minimum Gasteiger partial charge on any atom is -0.340 e. The molecule has 1 fully saturated rings. The van der Waals surface area contributed by atoms with Crippen molar-refractivity contribution in [2.24, 2.45) is 0 Å². The Morgan fingerprint density at radius 3 is 2.11 bits per heavy atom. The number of nitrogens with zero attached hydrogens (tertiary/aromatic N) is 2. The summed E-state index contributed by atoms with van der Waals surface area (Å²) in [4.78, 5) is 29.4. The smallest absolute Gasteiger partial charge is 0.313 e. The molecule has 0 bridgehead atoms. The predicted molar refractivity (Wildman–Crippen MR) is 106 cm³/mol. The number of nitrogens with one attached hydrogen (secondary N) is 2. The quantitative estimate of drug-likeness (QED) is 0.791. The summed E-state index contributed by atoms with van der Waals surface area (Å²) in [6, 6.07) is 18.6. The molecule has 2 amide bonds.